The molecule has 2 aliphatic heterocycles. The minimum absolute atomic E-state index is 0.0868. The van der Waals surface area contributed by atoms with Crippen molar-refractivity contribution in [3.63, 3.8) is 0 Å². The molecule has 1 unspecified atom stereocenters. The fraction of sp³-hybridized carbons (Fsp3) is 0.525. The number of carbonyl (C=O) groups is 5. The molecule has 0 aromatic heterocycles. The third kappa shape index (κ3) is 7.28. The zero-order valence-corrected chi connectivity index (χ0v) is 31.8. The summed E-state index contributed by atoms with van der Waals surface area (Å²) in [5, 5.41) is 12.6. The number of likely N-dealkylation sites (tertiary alicyclic amines) is 1. The van der Waals surface area contributed by atoms with Gasteiger partial charge in [-0.25, -0.2) is 14.4 Å². The molecule has 1 fully saturated rings. The van der Waals surface area contributed by atoms with Gasteiger partial charge in [0.25, 0.3) is 0 Å². The Bertz CT molecular complexity index is 1880. The van der Waals surface area contributed by atoms with E-state index in [0.29, 0.717) is 24.9 Å². The second-order valence-corrected chi connectivity index (χ2v) is 16.2. The van der Waals surface area contributed by atoms with Crippen molar-refractivity contribution >= 4 is 30.0 Å². The van der Waals surface area contributed by atoms with Gasteiger partial charge in [0, 0.05) is 30.5 Å². The Kier molecular flexibility index (Phi) is 10.1. The molecule has 14 nitrogen and oxygen atoms in total. The fourth-order valence-electron chi connectivity index (χ4n) is 7.99. The van der Waals surface area contributed by atoms with Crippen LogP contribution in [0.25, 0.3) is 0 Å². The van der Waals surface area contributed by atoms with Crippen LogP contribution >= 0.6 is 0 Å². The Morgan fingerprint density at radius 2 is 1.61 bits per heavy atom. The molecule has 1 saturated heterocycles. The molecule has 14 heteroatoms. The summed E-state index contributed by atoms with van der Waals surface area (Å²) in [6.07, 6.45) is -3.28. The molecule has 0 radical (unpaired) electrons. The topological polar surface area (TPSA) is 173 Å². The van der Waals surface area contributed by atoms with E-state index < -0.39 is 77.0 Å². The number of carbonyl (C=O) groups excluding carboxylic acids is 5. The molecular weight excluding hydrogens is 702 g/mol. The van der Waals surface area contributed by atoms with Crippen LogP contribution in [0.1, 0.15) is 90.5 Å². The van der Waals surface area contributed by atoms with Crippen LogP contribution < -0.4 is 9.47 Å². The number of hydrogen-bond acceptors (Lipinski definition) is 14. The minimum Gasteiger partial charge on any atom is -0.477 e. The van der Waals surface area contributed by atoms with Gasteiger partial charge in [0.2, 0.25) is 12.2 Å². The fourth-order valence-corrected chi connectivity index (χ4v) is 7.99. The zero-order chi connectivity index (χ0) is 39.4. The molecule has 6 atom stereocenters. The number of hydrogen-bond donors (Lipinski definition) is 1. The van der Waals surface area contributed by atoms with Gasteiger partial charge in [0.1, 0.15) is 17.0 Å². The van der Waals surface area contributed by atoms with E-state index in [9.17, 15) is 29.1 Å². The van der Waals surface area contributed by atoms with Crippen molar-refractivity contribution in [1.82, 2.24) is 4.90 Å². The van der Waals surface area contributed by atoms with Crippen molar-refractivity contribution in [3.8, 4) is 11.5 Å². The quantitative estimate of drug-likeness (QED) is 0.211. The Balaban J connectivity index is 1.31. The van der Waals surface area contributed by atoms with Gasteiger partial charge in [-0.3, -0.25) is 9.59 Å². The highest BCUT2D eigenvalue weighted by Crippen LogP contribution is 2.65. The first kappa shape index (κ1) is 38.8. The van der Waals surface area contributed by atoms with Crippen LogP contribution in [0, 0.1) is 0 Å². The summed E-state index contributed by atoms with van der Waals surface area (Å²) < 4.78 is 39.9. The van der Waals surface area contributed by atoms with Gasteiger partial charge in [-0.15, -0.1) is 0 Å². The first-order valence-electron chi connectivity index (χ1n) is 17.9. The summed E-state index contributed by atoms with van der Waals surface area (Å²) in [4.78, 5) is 67.1. The van der Waals surface area contributed by atoms with Crippen LogP contribution in [0.4, 0.5) is 4.79 Å². The van der Waals surface area contributed by atoms with Crippen molar-refractivity contribution in [2.45, 2.75) is 121 Å². The average molecular weight is 750 g/mol. The molecule has 4 aliphatic rings. The SMILES string of the molecule is CC(=O)OC(CC(=O)O[C@H](C(=O)OC1=CC[C@@]2(O)[C@H]3Cc4ccc(OC(=O)OC(C)(C)C)c5c4[C@@]2(CCN3C)[C@H]1O5)c1ccccc1)C(=O)OC(C)(C)C. The van der Waals surface area contributed by atoms with Crippen LogP contribution in [-0.2, 0) is 54.7 Å². The number of piperidine rings is 1. The minimum atomic E-state index is -1.63. The van der Waals surface area contributed by atoms with Crippen molar-refractivity contribution < 1.29 is 62.2 Å². The van der Waals surface area contributed by atoms with Gasteiger partial charge < -0.3 is 43.2 Å². The Hall–Kier alpha value is -4.95. The van der Waals surface area contributed by atoms with Gasteiger partial charge >= 0.3 is 30.0 Å². The standard InChI is InChI=1S/C40H47NO13/c1-22(42)48-27(34(44)53-37(2,3)4)21-29(43)51-31(23-12-10-9-11-13-23)35(45)49-26-16-17-40(47)28-20-24-14-15-25(50-36(46)54-38(5,6)7)32-30(24)39(40,33(26)52-32)18-19-41(28)8/h9-16,27-28,31,33,47H,17-21H2,1-8H3/t27?,28-,31+,33+,39+,40-/m1/s1. The average Bonchev–Trinajstić information content (AvgIpc) is 3.42. The van der Waals surface area contributed by atoms with Crippen molar-refractivity contribution in [2.24, 2.45) is 0 Å². The van der Waals surface area contributed by atoms with Crippen molar-refractivity contribution in [1.29, 1.82) is 0 Å². The molecule has 6 rings (SSSR count). The largest absolute Gasteiger partial charge is 0.514 e. The van der Waals surface area contributed by atoms with Crippen LogP contribution in [-0.4, -0.2) is 88.7 Å². The van der Waals surface area contributed by atoms with E-state index in [2.05, 4.69) is 4.90 Å². The summed E-state index contributed by atoms with van der Waals surface area (Å²) in [6, 6.07) is 11.3. The highest BCUT2D eigenvalue weighted by molar-refractivity contribution is 5.86. The predicted octanol–water partition coefficient (Wildman–Crippen LogP) is 4.77. The maximum absolute atomic E-state index is 14.2. The lowest BCUT2D eigenvalue weighted by atomic mass is 9.50. The molecule has 2 bridgehead atoms. The number of likely N-dealkylation sites (N-methyl/N-ethyl adjacent to an activating group) is 1. The molecule has 2 aromatic rings. The number of nitrogens with zero attached hydrogens (tertiary/aromatic N) is 1. The maximum Gasteiger partial charge on any atom is 0.514 e. The molecule has 1 spiro atoms. The van der Waals surface area contributed by atoms with E-state index in [0.717, 1.165) is 12.5 Å². The van der Waals surface area contributed by atoms with Crippen molar-refractivity contribution in [2.75, 3.05) is 13.6 Å². The number of ether oxygens (including phenoxy) is 7. The van der Waals surface area contributed by atoms with Gasteiger partial charge in [-0.05, 0) is 85.7 Å². The lowest BCUT2D eigenvalue weighted by molar-refractivity contribution is -0.182. The van der Waals surface area contributed by atoms with Crippen LogP contribution in [0.5, 0.6) is 11.5 Å². The third-order valence-corrected chi connectivity index (χ3v) is 10.0. The molecule has 2 aromatic carbocycles. The summed E-state index contributed by atoms with van der Waals surface area (Å²) in [5.74, 6) is -3.35. The lowest BCUT2D eigenvalue weighted by Crippen LogP contribution is -2.74. The Morgan fingerprint density at radius 3 is 2.26 bits per heavy atom. The highest BCUT2D eigenvalue weighted by Gasteiger charge is 2.72. The van der Waals surface area contributed by atoms with Gasteiger partial charge in [0.05, 0.1) is 17.4 Å². The maximum atomic E-state index is 14.2. The highest BCUT2D eigenvalue weighted by atomic mass is 16.7. The Labute approximate surface area is 313 Å². The molecule has 2 heterocycles. The smallest absolute Gasteiger partial charge is 0.477 e. The predicted molar refractivity (Wildman–Crippen MR) is 189 cm³/mol. The molecule has 1 N–H and O–H groups in total. The van der Waals surface area contributed by atoms with Crippen molar-refractivity contribution in [3.05, 3.63) is 71.0 Å². The van der Waals surface area contributed by atoms with Crippen LogP contribution in [0.15, 0.2) is 54.3 Å². The normalized spacial score (nSPS) is 25.1. The van der Waals surface area contributed by atoms with Gasteiger partial charge in [-0.2, -0.15) is 0 Å². The summed E-state index contributed by atoms with van der Waals surface area (Å²) >= 11 is 0. The number of aliphatic hydroxyl groups is 1. The van der Waals surface area contributed by atoms with E-state index in [4.69, 9.17) is 33.2 Å². The second-order valence-electron chi connectivity index (χ2n) is 16.2. The van der Waals surface area contributed by atoms with Gasteiger partial charge in [-0.1, -0.05) is 36.4 Å². The Morgan fingerprint density at radius 1 is 0.926 bits per heavy atom. The molecule has 0 amide bonds. The first-order chi connectivity index (χ1) is 25.2. The lowest BCUT2D eigenvalue weighted by Gasteiger charge is -2.61. The molecule has 290 valence electrons. The summed E-state index contributed by atoms with van der Waals surface area (Å²) in [5.41, 5.74) is -2.33. The van der Waals surface area contributed by atoms with Gasteiger partial charge in [0.15, 0.2) is 17.6 Å². The zero-order valence-electron chi connectivity index (χ0n) is 31.8. The number of rotatable bonds is 9. The molecule has 0 saturated carbocycles. The second kappa shape index (κ2) is 14.0. The van der Waals surface area contributed by atoms with E-state index >= 15 is 0 Å². The summed E-state index contributed by atoms with van der Waals surface area (Å²) in [7, 11) is 1.96. The number of benzene rings is 2. The first-order valence-corrected chi connectivity index (χ1v) is 17.9. The van der Waals surface area contributed by atoms with Crippen LogP contribution in [0.3, 0.4) is 0 Å². The van der Waals surface area contributed by atoms with E-state index in [-0.39, 0.29) is 35.3 Å². The summed E-state index contributed by atoms with van der Waals surface area (Å²) in [6.45, 7) is 11.7. The van der Waals surface area contributed by atoms with E-state index in [1.54, 1.807) is 84.0 Å². The number of esters is 4. The third-order valence-electron chi connectivity index (χ3n) is 10.0. The molecule has 2 aliphatic carbocycles. The van der Waals surface area contributed by atoms with E-state index in [1.807, 2.05) is 13.1 Å². The monoisotopic (exact) mass is 749 g/mol. The molecular formula is C40H47NO13. The van der Waals surface area contributed by atoms with Crippen LogP contribution in [0.2, 0.25) is 0 Å². The molecule has 54 heavy (non-hydrogen) atoms. The van der Waals surface area contributed by atoms with E-state index in [1.165, 1.54) is 0 Å².